The standard InChI is InChI=1S/C37H33Cl2F3N6O2/c1-21(40)36(49)48-12-11-46(19-24(48)17-44-2)34-27-13-29(38)26(25-6-3-5-22-7-8-30(42)33(39)32(22)25)14-31(27)45-35(28(34)16-43)50-20-37-9-4-10-47(37)18-23(41)15-37/h3,5-8,13-14,23-24,27,31H,1,4,9-12,15,17-20H2/t23-,24+,27?,31?,37+/m1/s1. The lowest BCUT2D eigenvalue weighted by Crippen LogP contribution is -2.57. The molecule has 50 heavy (non-hydrogen) atoms. The summed E-state index contributed by atoms with van der Waals surface area (Å²) in [5.74, 6) is -3.00. The Kier molecular flexibility index (Phi) is 9.19. The van der Waals surface area contributed by atoms with Crippen LogP contribution in [0.2, 0.25) is 5.02 Å². The quantitative estimate of drug-likeness (QED) is 0.242. The zero-order valence-electron chi connectivity index (χ0n) is 27.0. The minimum absolute atomic E-state index is 0.0357. The van der Waals surface area contributed by atoms with Crippen LogP contribution in [0, 0.1) is 29.6 Å². The van der Waals surface area contributed by atoms with E-state index in [9.17, 15) is 23.2 Å². The van der Waals surface area contributed by atoms with E-state index >= 15 is 0 Å². The number of ether oxygens (including phenoxy) is 1. The zero-order valence-corrected chi connectivity index (χ0v) is 28.5. The van der Waals surface area contributed by atoms with Gasteiger partial charge in [-0.2, -0.15) is 5.26 Å². The van der Waals surface area contributed by atoms with Gasteiger partial charge in [0.25, 0.3) is 5.91 Å². The lowest BCUT2D eigenvalue weighted by Gasteiger charge is -2.45. The van der Waals surface area contributed by atoms with Gasteiger partial charge in [-0.25, -0.2) is 24.7 Å². The molecule has 13 heteroatoms. The lowest BCUT2D eigenvalue weighted by molar-refractivity contribution is -0.132. The van der Waals surface area contributed by atoms with Gasteiger partial charge in [-0.15, -0.1) is 0 Å². The van der Waals surface area contributed by atoms with E-state index in [0.717, 1.165) is 24.8 Å². The highest BCUT2D eigenvalue weighted by Gasteiger charge is 2.50. The van der Waals surface area contributed by atoms with Gasteiger partial charge in [0.1, 0.15) is 36.3 Å². The van der Waals surface area contributed by atoms with Gasteiger partial charge in [-0.3, -0.25) is 9.69 Å². The third-order valence-corrected chi connectivity index (χ3v) is 11.2. The normalized spacial score (nSPS) is 27.9. The Morgan fingerprint density at radius 3 is 2.78 bits per heavy atom. The SMILES string of the molecule is [C-]#[N+]C[C@H]1CN(C2=C(C#N)C(OC[C@@]34CCCN3C[C@H](F)C4)=NC3C=C(c4cccc5ccc(F)c(Cl)c45)C(Cl)=CC23)CCN1C(=O)C(=C)F. The second-order valence-electron chi connectivity index (χ2n) is 13.4. The maximum Gasteiger partial charge on any atom is 0.282 e. The number of amides is 1. The van der Waals surface area contributed by atoms with Crippen molar-refractivity contribution in [2.45, 2.75) is 43.1 Å². The van der Waals surface area contributed by atoms with Gasteiger partial charge in [0.15, 0.2) is 5.83 Å². The number of rotatable bonds is 6. The summed E-state index contributed by atoms with van der Waals surface area (Å²) in [7, 11) is 0. The summed E-state index contributed by atoms with van der Waals surface area (Å²) in [6.45, 7) is 12.3. The van der Waals surface area contributed by atoms with E-state index in [1.807, 2.05) is 29.2 Å². The number of fused-ring (bicyclic) bond motifs is 3. The summed E-state index contributed by atoms with van der Waals surface area (Å²) in [6.07, 6.45) is 4.70. The molecule has 2 aromatic rings. The highest BCUT2D eigenvalue weighted by atomic mass is 35.5. The molecule has 2 aromatic carbocycles. The first-order valence-corrected chi connectivity index (χ1v) is 17.3. The maximum absolute atomic E-state index is 14.7. The van der Waals surface area contributed by atoms with Crippen LogP contribution in [0.3, 0.4) is 0 Å². The van der Waals surface area contributed by atoms with Gasteiger partial charge >= 0.3 is 0 Å². The Balaban J connectivity index is 1.31. The molecule has 4 aliphatic heterocycles. The molecular weight excluding hydrogens is 688 g/mol. The fourth-order valence-electron chi connectivity index (χ4n) is 8.28. The van der Waals surface area contributed by atoms with E-state index < -0.39 is 47.3 Å². The van der Waals surface area contributed by atoms with Gasteiger partial charge in [0.2, 0.25) is 12.4 Å². The number of halogens is 5. The second-order valence-corrected chi connectivity index (χ2v) is 14.2. The monoisotopic (exact) mass is 720 g/mol. The summed E-state index contributed by atoms with van der Waals surface area (Å²) in [4.78, 5) is 26.5. The van der Waals surface area contributed by atoms with Crippen LogP contribution < -0.4 is 0 Å². The number of nitriles is 1. The van der Waals surface area contributed by atoms with Crippen LogP contribution in [-0.2, 0) is 9.53 Å². The molecule has 7 rings (SSSR count). The number of benzene rings is 2. The number of carbonyl (C=O) groups is 1. The van der Waals surface area contributed by atoms with Crippen LogP contribution in [-0.4, -0.2) is 96.2 Å². The molecule has 0 saturated carbocycles. The van der Waals surface area contributed by atoms with Crippen LogP contribution in [0.1, 0.15) is 24.8 Å². The van der Waals surface area contributed by atoms with Crippen molar-refractivity contribution in [2.24, 2.45) is 10.9 Å². The van der Waals surface area contributed by atoms with Crippen molar-refractivity contribution in [2.75, 3.05) is 45.9 Å². The van der Waals surface area contributed by atoms with Crippen molar-refractivity contribution in [3.8, 4) is 6.07 Å². The van der Waals surface area contributed by atoms with E-state index in [1.54, 1.807) is 12.1 Å². The Morgan fingerprint density at radius 1 is 1.20 bits per heavy atom. The number of alkyl halides is 1. The van der Waals surface area contributed by atoms with Crippen molar-refractivity contribution in [1.29, 1.82) is 5.26 Å². The second kappa shape index (κ2) is 13.4. The molecule has 0 spiro atoms. The topological polar surface area (TPSA) is 76.5 Å². The smallest absolute Gasteiger partial charge is 0.282 e. The van der Waals surface area contributed by atoms with E-state index in [1.165, 1.54) is 11.0 Å². The summed E-state index contributed by atoms with van der Waals surface area (Å²) in [5, 5.41) is 12.2. The summed E-state index contributed by atoms with van der Waals surface area (Å²) in [6, 6.07) is 9.42. The van der Waals surface area contributed by atoms with Crippen LogP contribution in [0.25, 0.3) is 21.2 Å². The first-order valence-electron chi connectivity index (χ1n) is 16.5. The Labute approximate surface area is 298 Å². The molecule has 4 heterocycles. The Hall–Kier alpha value is -4.29. The average molecular weight is 722 g/mol. The number of hydrogen-bond acceptors (Lipinski definition) is 6. The third-order valence-electron chi connectivity index (χ3n) is 10.5. The van der Waals surface area contributed by atoms with Crippen molar-refractivity contribution < 1.29 is 22.7 Å². The third kappa shape index (κ3) is 5.85. The number of hydrogen-bond donors (Lipinski definition) is 0. The fraction of sp³-hybridized carbons (Fsp3) is 0.405. The molecule has 2 unspecified atom stereocenters. The first-order chi connectivity index (χ1) is 24.0. The minimum Gasteiger partial charge on any atom is -0.475 e. The van der Waals surface area contributed by atoms with Gasteiger partial charge < -0.3 is 19.4 Å². The average Bonchev–Trinajstić information content (AvgIpc) is 3.63. The highest BCUT2D eigenvalue weighted by molar-refractivity contribution is 6.40. The molecule has 5 aliphatic rings. The largest absolute Gasteiger partial charge is 0.475 e. The molecule has 0 N–H and O–H groups in total. The fourth-order valence-corrected chi connectivity index (χ4v) is 8.86. The molecule has 1 aliphatic carbocycles. The van der Waals surface area contributed by atoms with Crippen LogP contribution in [0.5, 0.6) is 0 Å². The van der Waals surface area contributed by atoms with Crippen LogP contribution >= 0.6 is 23.2 Å². The molecule has 5 atom stereocenters. The zero-order chi connectivity index (χ0) is 35.3. The van der Waals surface area contributed by atoms with Crippen molar-refractivity contribution in [3.05, 3.63) is 99.0 Å². The van der Waals surface area contributed by atoms with Gasteiger partial charge in [-0.1, -0.05) is 60.1 Å². The lowest BCUT2D eigenvalue weighted by atomic mass is 9.82. The van der Waals surface area contributed by atoms with Gasteiger partial charge in [0.05, 0.1) is 16.6 Å². The molecule has 3 saturated heterocycles. The van der Waals surface area contributed by atoms with Crippen LogP contribution in [0.4, 0.5) is 13.2 Å². The number of allylic oxidation sites excluding steroid dienone is 2. The number of aliphatic imine (C=N–C) groups is 1. The number of nitrogens with zero attached hydrogens (tertiary/aromatic N) is 6. The predicted molar refractivity (Wildman–Crippen MR) is 186 cm³/mol. The molecule has 8 nitrogen and oxygen atoms in total. The van der Waals surface area contributed by atoms with Crippen molar-refractivity contribution in [3.63, 3.8) is 0 Å². The Morgan fingerprint density at radius 2 is 2.02 bits per heavy atom. The van der Waals surface area contributed by atoms with E-state index in [-0.39, 0.29) is 49.3 Å². The van der Waals surface area contributed by atoms with Crippen molar-refractivity contribution in [1.82, 2.24) is 14.7 Å². The van der Waals surface area contributed by atoms with E-state index in [0.29, 0.717) is 40.2 Å². The maximum atomic E-state index is 14.7. The highest BCUT2D eigenvalue weighted by Crippen LogP contribution is 2.45. The minimum atomic E-state index is -1.11. The molecule has 0 bridgehead atoms. The molecule has 3 fully saturated rings. The van der Waals surface area contributed by atoms with E-state index in [4.69, 9.17) is 39.5 Å². The first kappa shape index (κ1) is 34.2. The predicted octanol–water partition coefficient (Wildman–Crippen LogP) is 6.83. The summed E-state index contributed by atoms with van der Waals surface area (Å²) < 4.78 is 49.8. The van der Waals surface area contributed by atoms with E-state index in [2.05, 4.69) is 22.4 Å². The Bertz CT molecular complexity index is 2000. The summed E-state index contributed by atoms with van der Waals surface area (Å²) in [5.41, 5.74) is 1.41. The molecule has 258 valence electrons. The van der Waals surface area contributed by atoms with Gasteiger partial charge in [-0.05, 0) is 48.1 Å². The number of dihydropyridines is 1. The van der Waals surface area contributed by atoms with Crippen molar-refractivity contribution >= 4 is 51.4 Å². The molecule has 1 amide bonds. The molecule has 0 aromatic heterocycles. The van der Waals surface area contributed by atoms with Gasteiger partial charge in [0, 0.05) is 54.6 Å². The number of piperazine rings is 1. The molecule has 0 radical (unpaired) electrons. The van der Waals surface area contributed by atoms with Crippen LogP contribution in [0.15, 0.2) is 76.2 Å². The molecular formula is C37H33Cl2F3N6O2. The summed E-state index contributed by atoms with van der Waals surface area (Å²) >= 11 is 13.5. The number of carbonyl (C=O) groups excluding carboxylic acids is 1.